The van der Waals surface area contributed by atoms with E-state index < -0.39 is 11.7 Å². The fraction of sp³-hybridized carbons (Fsp3) is 0.143. The SMILES string of the molecule is CCCc1cc(=O)[nH]c(-n2nc(-c3cccs3)cc2NC(=O)c2c(F)cccc2Cl)n1. The highest BCUT2D eigenvalue weighted by Crippen LogP contribution is 2.28. The summed E-state index contributed by atoms with van der Waals surface area (Å²) in [5.41, 5.74) is 0.546. The maximum absolute atomic E-state index is 14.2. The van der Waals surface area contributed by atoms with Crippen molar-refractivity contribution >= 4 is 34.7 Å². The Bertz CT molecular complexity index is 1280. The van der Waals surface area contributed by atoms with Crippen LogP contribution >= 0.6 is 22.9 Å². The van der Waals surface area contributed by atoms with Crippen LogP contribution in [0, 0.1) is 5.82 Å². The number of carbonyl (C=O) groups is 1. The summed E-state index contributed by atoms with van der Waals surface area (Å²) in [6.07, 6.45) is 1.42. The van der Waals surface area contributed by atoms with E-state index in [-0.39, 0.29) is 27.9 Å². The number of aromatic amines is 1. The zero-order valence-corrected chi connectivity index (χ0v) is 17.9. The van der Waals surface area contributed by atoms with Crippen molar-refractivity contribution in [1.29, 1.82) is 0 Å². The number of hydrogen-bond acceptors (Lipinski definition) is 5. The first-order valence-electron chi connectivity index (χ1n) is 9.46. The number of nitrogens with zero attached hydrogens (tertiary/aromatic N) is 3. The zero-order chi connectivity index (χ0) is 22.0. The fourth-order valence-electron chi connectivity index (χ4n) is 3.05. The molecule has 0 bridgehead atoms. The van der Waals surface area contributed by atoms with Crippen LogP contribution < -0.4 is 10.9 Å². The first-order chi connectivity index (χ1) is 15.0. The van der Waals surface area contributed by atoms with Gasteiger partial charge in [0.1, 0.15) is 17.3 Å². The third kappa shape index (κ3) is 4.42. The van der Waals surface area contributed by atoms with E-state index in [9.17, 15) is 14.0 Å². The molecule has 0 aliphatic carbocycles. The van der Waals surface area contributed by atoms with Crippen molar-refractivity contribution in [3.05, 3.63) is 80.3 Å². The van der Waals surface area contributed by atoms with Gasteiger partial charge in [-0.3, -0.25) is 14.6 Å². The second-order valence-electron chi connectivity index (χ2n) is 6.67. The minimum Gasteiger partial charge on any atom is -0.306 e. The summed E-state index contributed by atoms with van der Waals surface area (Å²) in [5, 5.41) is 9.03. The van der Waals surface area contributed by atoms with Crippen molar-refractivity contribution in [1.82, 2.24) is 19.7 Å². The Morgan fingerprint density at radius 2 is 2.13 bits per heavy atom. The highest BCUT2D eigenvalue weighted by atomic mass is 35.5. The minimum atomic E-state index is -0.744. The molecule has 2 N–H and O–H groups in total. The minimum absolute atomic E-state index is 0.0153. The molecule has 31 heavy (non-hydrogen) atoms. The molecule has 4 aromatic rings. The Labute approximate surface area is 185 Å². The number of carbonyl (C=O) groups excluding carboxylic acids is 1. The Morgan fingerprint density at radius 1 is 1.29 bits per heavy atom. The monoisotopic (exact) mass is 457 g/mol. The number of amides is 1. The Balaban J connectivity index is 1.80. The highest BCUT2D eigenvalue weighted by Gasteiger charge is 2.20. The van der Waals surface area contributed by atoms with Crippen molar-refractivity contribution < 1.29 is 9.18 Å². The normalized spacial score (nSPS) is 10.9. The Kier molecular flexibility index (Phi) is 5.97. The predicted molar refractivity (Wildman–Crippen MR) is 119 cm³/mol. The lowest BCUT2D eigenvalue weighted by molar-refractivity contribution is 0.102. The van der Waals surface area contributed by atoms with Crippen LogP contribution in [0.1, 0.15) is 29.4 Å². The van der Waals surface area contributed by atoms with Crippen molar-refractivity contribution in [2.75, 3.05) is 5.32 Å². The van der Waals surface area contributed by atoms with E-state index in [0.29, 0.717) is 17.8 Å². The van der Waals surface area contributed by atoms with Crippen LogP contribution in [-0.2, 0) is 6.42 Å². The topological polar surface area (TPSA) is 92.7 Å². The number of aryl methyl sites for hydroxylation is 1. The van der Waals surface area contributed by atoms with Crippen molar-refractivity contribution in [2.24, 2.45) is 0 Å². The van der Waals surface area contributed by atoms with Gasteiger partial charge in [-0.15, -0.1) is 11.3 Å². The number of anilines is 1. The molecule has 0 unspecified atom stereocenters. The number of rotatable bonds is 6. The molecule has 3 aromatic heterocycles. The van der Waals surface area contributed by atoms with Gasteiger partial charge in [0.25, 0.3) is 11.5 Å². The molecule has 1 aromatic carbocycles. The second kappa shape index (κ2) is 8.83. The summed E-state index contributed by atoms with van der Waals surface area (Å²) >= 11 is 7.49. The first kappa shape index (κ1) is 21.0. The quantitative estimate of drug-likeness (QED) is 0.439. The molecule has 0 saturated heterocycles. The van der Waals surface area contributed by atoms with Gasteiger partial charge >= 0.3 is 0 Å². The summed E-state index contributed by atoms with van der Waals surface area (Å²) in [6, 6.07) is 10.8. The second-order valence-corrected chi connectivity index (χ2v) is 8.02. The van der Waals surface area contributed by atoms with E-state index in [1.54, 1.807) is 6.07 Å². The summed E-state index contributed by atoms with van der Waals surface area (Å²) in [4.78, 5) is 32.9. The van der Waals surface area contributed by atoms with Crippen LogP contribution in [0.15, 0.2) is 52.6 Å². The zero-order valence-electron chi connectivity index (χ0n) is 16.4. The van der Waals surface area contributed by atoms with Gasteiger partial charge in [-0.25, -0.2) is 9.37 Å². The largest absolute Gasteiger partial charge is 0.306 e. The van der Waals surface area contributed by atoms with Gasteiger partial charge in [-0.1, -0.05) is 37.1 Å². The molecule has 4 rings (SSSR count). The molecule has 0 aliphatic rings. The molecule has 158 valence electrons. The summed E-state index contributed by atoms with van der Waals surface area (Å²) in [7, 11) is 0. The van der Waals surface area contributed by atoms with E-state index in [4.69, 9.17) is 11.6 Å². The molecule has 10 heteroatoms. The van der Waals surface area contributed by atoms with Crippen LogP contribution in [0.5, 0.6) is 0 Å². The smallest absolute Gasteiger partial charge is 0.261 e. The first-order valence-corrected chi connectivity index (χ1v) is 10.7. The molecule has 0 spiro atoms. The number of hydrogen-bond donors (Lipinski definition) is 2. The van der Waals surface area contributed by atoms with Crippen molar-refractivity contribution in [3.63, 3.8) is 0 Å². The van der Waals surface area contributed by atoms with Gasteiger partial charge in [0.2, 0.25) is 5.95 Å². The lowest BCUT2D eigenvalue weighted by Gasteiger charge is -2.10. The molecule has 3 heterocycles. The van der Waals surface area contributed by atoms with Crippen molar-refractivity contribution in [2.45, 2.75) is 19.8 Å². The predicted octanol–water partition coefficient (Wildman–Crippen LogP) is 4.68. The number of nitrogens with one attached hydrogen (secondary N) is 2. The van der Waals surface area contributed by atoms with Crippen LogP contribution in [-0.4, -0.2) is 25.7 Å². The molecule has 0 saturated carbocycles. The molecule has 0 aliphatic heterocycles. The van der Waals surface area contributed by atoms with Crippen LogP contribution in [0.2, 0.25) is 5.02 Å². The summed E-state index contributed by atoms with van der Waals surface area (Å²) in [6.45, 7) is 1.98. The maximum atomic E-state index is 14.2. The third-order valence-corrected chi connectivity index (χ3v) is 5.61. The Hall–Kier alpha value is -3.30. The lowest BCUT2D eigenvalue weighted by Crippen LogP contribution is -2.20. The number of aromatic nitrogens is 4. The van der Waals surface area contributed by atoms with E-state index >= 15 is 0 Å². The number of thiophene rings is 1. The molecular formula is C21H17ClFN5O2S. The number of benzene rings is 1. The summed E-state index contributed by atoms with van der Waals surface area (Å²) < 4.78 is 15.5. The van der Waals surface area contributed by atoms with E-state index in [1.807, 2.05) is 24.4 Å². The third-order valence-electron chi connectivity index (χ3n) is 4.40. The van der Waals surface area contributed by atoms with E-state index in [2.05, 4.69) is 20.4 Å². The van der Waals surface area contributed by atoms with Crippen LogP contribution in [0.3, 0.4) is 0 Å². The van der Waals surface area contributed by atoms with Gasteiger partial charge in [0.15, 0.2) is 0 Å². The molecule has 0 fully saturated rings. The average molecular weight is 458 g/mol. The molecule has 7 nitrogen and oxygen atoms in total. The van der Waals surface area contributed by atoms with Gasteiger partial charge < -0.3 is 5.32 Å². The van der Waals surface area contributed by atoms with Gasteiger partial charge in [0.05, 0.1) is 15.5 Å². The van der Waals surface area contributed by atoms with Crippen LogP contribution in [0.25, 0.3) is 16.5 Å². The molecule has 0 atom stereocenters. The van der Waals surface area contributed by atoms with Crippen LogP contribution in [0.4, 0.5) is 10.2 Å². The lowest BCUT2D eigenvalue weighted by atomic mass is 10.2. The van der Waals surface area contributed by atoms with E-state index in [0.717, 1.165) is 17.4 Å². The highest BCUT2D eigenvalue weighted by molar-refractivity contribution is 7.13. The maximum Gasteiger partial charge on any atom is 0.261 e. The molecule has 1 amide bonds. The van der Waals surface area contributed by atoms with Gasteiger partial charge in [-0.2, -0.15) is 9.78 Å². The van der Waals surface area contributed by atoms with E-state index in [1.165, 1.54) is 34.2 Å². The fourth-order valence-corrected chi connectivity index (χ4v) is 3.98. The standard InChI is InChI=1S/C21H17ClFN5O2S/c1-2-5-12-10-18(29)26-21(24-12)28-17(11-15(27-28)16-8-4-9-31-16)25-20(30)19-13(22)6-3-7-14(19)23/h3-4,6-11H,2,5H2,1H3,(H,25,30)(H,24,26,29). The van der Waals surface area contributed by atoms with Gasteiger partial charge in [0, 0.05) is 17.8 Å². The van der Waals surface area contributed by atoms with Crippen molar-refractivity contribution in [3.8, 4) is 16.5 Å². The average Bonchev–Trinajstić information content (AvgIpc) is 3.37. The molecule has 0 radical (unpaired) electrons. The number of H-pyrrole nitrogens is 1. The molecular weight excluding hydrogens is 441 g/mol. The van der Waals surface area contributed by atoms with Gasteiger partial charge in [-0.05, 0) is 30.0 Å². The number of halogens is 2. The summed E-state index contributed by atoms with van der Waals surface area (Å²) in [5.74, 6) is -1.13. The Morgan fingerprint density at radius 3 is 2.84 bits per heavy atom.